The smallest absolute Gasteiger partial charge is 0.321 e. The number of carbonyl (C=O) groups excluding carboxylic acids is 1. The highest BCUT2D eigenvalue weighted by atomic mass is 35.5. The Labute approximate surface area is 118 Å². The predicted molar refractivity (Wildman–Crippen MR) is 69.5 cm³/mol. The normalized spacial score (nSPS) is 13.1. The maximum atomic E-state index is 11.9. The van der Waals surface area contributed by atoms with Crippen molar-refractivity contribution in [3.05, 3.63) is 16.5 Å². The molecule has 0 radical (unpaired) electrons. The van der Waals surface area contributed by atoms with Crippen molar-refractivity contribution in [1.29, 1.82) is 0 Å². The molecule has 0 saturated heterocycles. The third-order valence-electron chi connectivity index (χ3n) is 2.09. The Kier molecular flexibility index (Phi) is 5.29. The number of carboxylic acids is 1. The van der Waals surface area contributed by atoms with Gasteiger partial charge in [0.15, 0.2) is 0 Å². The van der Waals surface area contributed by atoms with Crippen molar-refractivity contribution in [2.75, 3.05) is 0 Å². The number of nitrogens with two attached hydrogens (primary N) is 1. The molecule has 7 nitrogen and oxygen atoms in total. The Morgan fingerprint density at radius 2 is 2.11 bits per heavy atom. The maximum absolute atomic E-state index is 11.9. The molecule has 1 amide bonds. The first-order valence-electron chi connectivity index (χ1n) is 5.01. The summed E-state index contributed by atoms with van der Waals surface area (Å²) in [5.74, 6) is -2.09. The van der Waals surface area contributed by atoms with Gasteiger partial charge in [0, 0.05) is 6.42 Å². The molecule has 0 aliphatic carbocycles. The molecule has 0 fully saturated rings. The molecule has 0 aliphatic rings. The van der Waals surface area contributed by atoms with E-state index >= 15 is 0 Å². The highest BCUT2D eigenvalue weighted by Gasteiger charge is 2.26. The van der Waals surface area contributed by atoms with Gasteiger partial charge in [-0.15, -0.1) is 11.3 Å². The van der Waals surface area contributed by atoms with Crippen molar-refractivity contribution in [2.24, 2.45) is 5.73 Å². The first kappa shape index (κ1) is 15.9. The summed E-state index contributed by atoms with van der Waals surface area (Å²) in [5, 5.41) is 8.90. The van der Waals surface area contributed by atoms with Crippen LogP contribution in [0.3, 0.4) is 0 Å². The highest BCUT2D eigenvalue weighted by Crippen LogP contribution is 2.25. The number of hydrogen-bond donors (Lipinski definition) is 3. The van der Waals surface area contributed by atoms with Crippen molar-refractivity contribution in [3.8, 4) is 0 Å². The van der Waals surface area contributed by atoms with E-state index in [0.29, 0.717) is 0 Å². The van der Waals surface area contributed by atoms with Crippen LogP contribution in [0.5, 0.6) is 0 Å². The standard InChI is InChI=1S/C9H11ClN2O5S2/c10-6-2-4-8(18-6)19(16,17)12-5(9(14)15)1-3-7(11)13/h2,4-5,12H,1,3H2,(H2,11,13)(H,14,15)/t5-/m1/s1. The van der Waals surface area contributed by atoms with Crippen LogP contribution in [0.1, 0.15) is 12.8 Å². The molecule has 0 spiro atoms. The third-order valence-corrected chi connectivity index (χ3v) is 5.28. The molecule has 1 heterocycles. The van der Waals surface area contributed by atoms with Crippen LogP contribution < -0.4 is 10.5 Å². The summed E-state index contributed by atoms with van der Waals surface area (Å²) in [6.07, 6.45) is -0.451. The number of halogens is 1. The number of sulfonamides is 1. The van der Waals surface area contributed by atoms with Crippen LogP contribution in [0, 0.1) is 0 Å². The van der Waals surface area contributed by atoms with E-state index in [2.05, 4.69) is 0 Å². The molecule has 0 aromatic carbocycles. The Morgan fingerprint density at radius 1 is 1.47 bits per heavy atom. The van der Waals surface area contributed by atoms with Gasteiger partial charge in [0.25, 0.3) is 10.0 Å². The van der Waals surface area contributed by atoms with Gasteiger partial charge in [-0.3, -0.25) is 9.59 Å². The van der Waals surface area contributed by atoms with Crippen LogP contribution >= 0.6 is 22.9 Å². The first-order chi connectivity index (χ1) is 8.72. The van der Waals surface area contributed by atoms with Gasteiger partial charge in [0.2, 0.25) is 5.91 Å². The van der Waals surface area contributed by atoms with Crippen LogP contribution in [-0.4, -0.2) is 31.4 Å². The molecule has 0 bridgehead atoms. The molecule has 0 saturated carbocycles. The van der Waals surface area contributed by atoms with Gasteiger partial charge in [-0.25, -0.2) is 8.42 Å². The van der Waals surface area contributed by atoms with Crippen LogP contribution in [-0.2, 0) is 19.6 Å². The summed E-state index contributed by atoms with van der Waals surface area (Å²) >= 11 is 6.42. The minimum Gasteiger partial charge on any atom is -0.480 e. The Hall–Kier alpha value is -1.16. The summed E-state index contributed by atoms with van der Waals surface area (Å²) in [5.41, 5.74) is 4.89. The topological polar surface area (TPSA) is 127 Å². The van der Waals surface area contributed by atoms with Gasteiger partial charge in [0.05, 0.1) is 4.34 Å². The lowest BCUT2D eigenvalue weighted by atomic mass is 10.2. The molecule has 4 N–H and O–H groups in total. The number of nitrogens with one attached hydrogen (secondary N) is 1. The van der Waals surface area contributed by atoms with Crippen LogP contribution in [0.15, 0.2) is 16.3 Å². The summed E-state index contributed by atoms with van der Waals surface area (Å²) in [4.78, 5) is 21.5. The van der Waals surface area contributed by atoms with E-state index in [9.17, 15) is 18.0 Å². The fraction of sp³-hybridized carbons (Fsp3) is 0.333. The molecule has 106 valence electrons. The maximum Gasteiger partial charge on any atom is 0.321 e. The van der Waals surface area contributed by atoms with Crippen molar-refractivity contribution in [1.82, 2.24) is 4.72 Å². The van der Waals surface area contributed by atoms with E-state index in [0.717, 1.165) is 11.3 Å². The molecule has 0 aliphatic heterocycles. The quantitative estimate of drug-likeness (QED) is 0.668. The molecular weight excluding hydrogens is 316 g/mol. The lowest BCUT2D eigenvalue weighted by Crippen LogP contribution is -2.41. The molecule has 1 atom stereocenters. The monoisotopic (exact) mass is 326 g/mol. The van der Waals surface area contributed by atoms with Gasteiger partial charge < -0.3 is 10.8 Å². The number of aliphatic carboxylic acids is 1. The van der Waals surface area contributed by atoms with E-state index in [-0.39, 0.29) is 21.4 Å². The van der Waals surface area contributed by atoms with Crippen molar-refractivity contribution < 1.29 is 23.1 Å². The van der Waals surface area contributed by atoms with Crippen molar-refractivity contribution in [3.63, 3.8) is 0 Å². The van der Waals surface area contributed by atoms with Crippen molar-refractivity contribution >= 4 is 44.8 Å². The molecule has 0 unspecified atom stereocenters. The Bertz CT molecular complexity index is 583. The predicted octanol–water partition coefficient (Wildman–Crippen LogP) is 0.398. The Morgan fingerprint density at radius 3 is 2.53 bits per heavy atom. The fourth-order valence-corrected chi connectivity index (χ4v) is 3.93. The second-order valence-electron chi connectivity index (χ2n) is 3.58. The second-order valence-corrected chi connectivity index (χ2v) is 7.23. The number of hydrogen-bond acceptors (Lipinski definition) is 5. The minimum absolute atomic E-state index is 0.0946. The molecule has 10 heteroatoms. The number of carboxylic acid groups (broad SMARTS) is 1. The summed E-state index contributed by atoms with van der Waals surface area (Å²) in [7, 11) is -3.98. The molecular formula is C9H11ClN2O5S2. The lowest BCUT2D eigenvalue weighted by Gasteiger charge is -2.12. The van der Waals surface area contributed by atoms with Gasteiger partial charge in [-0.1, -0.05) is 11.6 Å². The number of carbonyl (C=O) groups is 2. The van der Waals surface area contributed by atoms with Gasteiger partial charge >= 0.3 is 5.97 Å². The zero-order valence-corrected chi connectivity index (χ0v) is 11.9. The van der Waals surface area contributed by atoms with E-state index in [1.165, 1.54) is 12.1 Å². The van der Waals surface area contributed by atoms with E-state index < -0.39 is 27.9 Å². The SMILES string of the molecule is NC(=O)CC[C@@H](NS(=O)(=O)c1ccc(Cl)s1)C(=O)O. The summed E-state index contributed by atoms with van der Waals surface area (Å²) in [6.45, 7) is 0. The number of primary amides is 1. The van der Waals surface area contributed by atoms with E-state index in [1.54, 1.807) is 0 Å². The molecule has 1 rings (SSSR count). The highest BCUT2D eigenvalue weighted by molar-refractivity contribution is 7.91. The Balaban J connectivity index is 2.84. The first-order valence-corrected chi connectivity index (χ1v) is 7.69. The van der Waals surface area contributed by atoms with Gasteiger partial charge in [-0.2, -0.15) is 4.72 Å². The van der Waals surface area contributed by atoms with E-state index in [1.807, 2.05) is 4.72 Å². The minimum atomic E-state index is -3.98. The zero-order valence-electron chi connectivity index (χ0n) is 9.50. The molecule has 19 heavy (non-hydrogen) atoms. The summed E-state index contributed by atoms with van der Waals surface area (Å²) in [6, 6.07) is 1.24. The van der Waals surface area contributed by atoms with Crippen LogP contribution in [0.2, 0.25) is 4.34 Å². The number of amides is 1. The fourth-order valence-electron chi connectivity index (χ4n) is 1.21. The summed E-state index contributed by atoms with van der Waals surface area (Å²) < 4.78 is 25.9. The zero-order chi connectivity index (χ0) is 14.6. The lowest BCUT2D eigenvalue weighted by molar-refractivity contribution is -0.139. The molecule has 1 aromatic heterocycles. The van der Waals surface area contributed by atoms with Gasteiger partial charge in [-0.05, 0) is 18.6 Å². The number of rotatable bonds is 7. The average molecular weight is 327 g/mol. The van der Waals surface area contributed by atoms with Crippen LogP contribution in [0.4, 0.5) is 0 Å². The van der Waals surface area contributed by atoms with E-state index in [4.69, 9.17) is 22.4 Å². The number of thiophene rings is 1. The van der Waals surface area contributed by atoms with Crippen molar-refractivity contribution in [2.45, 2.75) is 23.1 Å². The third kappa shape index (κ3) is 4.78. The molecule has 1 aromatic rings. The van der Waals surface area contributed by atoms with Crippen LogP contribution in [0.25, 0.3) is 0 Å². The average Bonchev–Trinajstić information content (AvgIpc) is 2.71. The second kappa shape index (κ2) is 6.33. The van der Waals surface area contributed by atoms with Gasteiger partial charge in [0.1, 0.15) is 10.3 Å². The largest absolute Gasteiger partial charge is 0.480 e.